The van der Waals surface area contributed by atoms with Crippen molar-refractivity contribution in [3.63, 3.8) is 0 Å². The van der Waals surface area contributed by atoms with Gasteiger partial charge >= 0.3 is 0 Å². The van der Waals surface area contributed by atoms with Gasteiger partial charge in [0.25, 0.3) is 0 Å². The Kier molecular flexibility index (Phi) is 4.02. The van der Waals surface area contributed by atoms with Crippen LogP contribution in [0.5, 0.6) is 5.75 Å². The maximum absolute atomic E-state index is 12.0. The summed E-state index contributed by atoms with van der Waals surface area (Å²) in [5, 5.41) is 12.2. The predicted molar refractivity (Wildman–Crippen MR) is 67.9 cm³/mol. The summed E-state index contributed by atoms with van der Waals surface area (Å²) < 4.78 is 0. The van der Waals surface area contributed by atoms with Crippen molar-refractivity contribution in [2.24, 2.45) is 5.92 Å². The van der Waals surface area contributed by atoms with Crippen LogP contribution in [-0.4, -0.2) is 11.0 Å². The maximum Gasteiger partial charge on any atom is 0.227 e. The van der Waals surface area contributed by atoms with Crippen molar-refractivity contribution < 1.29 is 9.90 Å². The van der Waals surface area contributed by atoms with Crippen molar-refractivity contribution in [3.05, 3.63) is 24.3 Å². The Balaban J connectivity index is 1.95. The monoisotopic (exact) mass is 233 g/mol. The van der Waals surface area contributed by atoms with Crippen LogP contribution in [0.2, 0.25) is 0 Å². The first-order valence-electron chi connectivity index (χ1n) is 6.35. The largest absolute Gasteiger partial charge is 0.508 e. The van der Waals surface area contributed by atoms with Crippen molar-refractivity contribution in [2.75, 3.05) is 5.32 Å². The van der Waals surface area contributed by atoms with Gasteiger partial charge in [0.2, 0.25) is 5.91 Å². The van der Waals surface area contributed by atoms with Crippen LogP contribution >= 0.6 is 0 Å². The molecule has 1 aromatic carbocycles. The van der Waals surface area contributed by atoms with Crippen LogP contribution in [0.1, 0.15) is 38.5 Å². The molecule has 0 unspecified atom stereocenters. The number of benzene rings is 1. The highest BCUT2D eigenvalue weighted by molar-refractivity contribution is 5.92. The number of phenolic OH excluding ortho intramolecular Hbond substituents is 1. The predicted octanol–water partition coefficient (Wildman–Crippen LogP) is 3.30. The molecule has 92 valence electrons. The molecule has 2 rings (SSSR count). The zero-order chi connectivity index (χ0) is 12.1. The molecule has 0 bridgehead atoms. The third kappa shape index (κ3) is 3.48. The van der Waals surface area contributed by atoms with Gasteiger partial charge in [-0.2, -0.15) is 0 Å². The number of hydrogen-bond acceptors (Lipinski definition) is 2. The summed E-state index contributed by atoms with van der Waals surface area (Å²) in [6, 6.07) is 6.71. The first-order valence-corrected chi connectivity index (χ1v) is 6.35. The Bertz CT molecular complexity index is 382. The van der Waals surface area contributed by atoms with Gasteiger partial charge < -0.3 is 10.4 Å². The molecule has 1 aliphatic carbocycles. The van der Waals surface area contributed by atoms with E-state index in [2.05, 4.69) is 5.32 Å². The third-order valence-electron chi connectivity index (χ3n) is 3.34. The Morgan fingerprint density at radius 1 is 1.18 bits per heavy atom. The summed E-state index contributed by atoms with van der Waals surface area (Å²) in [6.07, 6.45) is 6.78. The Morgan fingerprint density at radius 2 is 1.88 bits per heavy atom. The number of rotatable bonds is 2. The van der Waals surface area contributed by atoms with E-state index in [1.807, 2.05) is 0 Å². The fourth-order valence-corrected chi connectivity index (χ4v) is 2.37. The molecular weight excluding hydrogens is 214 g/mol. The first kappa shape index (κ1) is 12.0. The van der Waals surface area contributed by atoms with E-state index in [9.17, 15) is 9.90 Å². The van der Waals surface area contributed by atoms with Crippen molar-refractivity contribution in [1.82, 2.24) is 0 Å². The van der Waals surface area contributed by atoms with Crippen LogP contribution in [0.15, 0.2) is 24.3 Å². The molecule has 3 heteroatoms. The Labute approximate surface area is 102 Å². The molecule has 1 amide bonds. The number of carbonyl (C=O) groups is 1. The molecule has 1 saturated carbocycles. The molecule has 17 heavy (non-hydrogen) atoms. The first-order chi connectivity index (χ1) is 8.25. The molecule has 0 saturated heterocycles. The Morgan fingerprint density at radius 3 is 2.53 bits per heavy atom. The molecule has 1 aromatic rings. The van der Waals surface area contributed by atoms with Gasteiger partial charge in [0.1, 0.15) is 5.75 Å². The van der Waals surface area contributed by atoms with E-state index in [0.717, 1.165) is 25.7 Å². The van der Waals surface area contributed by atoms with Crippen LogP contribution in [0.3, 0.4) is 0 Å². The molecule has 0 aliphatic heterocycles. The van der Waals surface area contributed by atoms with Gasteiger partial charge in [0.05, 0.1) is 0 Å². The number of nitrogens with one attached hydrogen (secondary N) is 1. The quantitative estimate of drug-likeness (QED) is 0.770. The fraction of sp³-hybridized carbons (Fsp3) is 0.500. The molecule has 0 atom stereocenters. The van der Waals surface area contributed by atoms with Crippen LogP contribution < -0.4 is 5.32 Å². The second-order valence-electron chi connectivity index (χ2n) is 4.73. The second-order valence-corrected chi connectivity index (χ2v) is 4.73. The van der Waals surface area contributed by atoms with Gasteiger partial charge in [-0.15, -0.1) is 0 Å². The number of anilines is 1. The van der Waals surface area contributed by atoms with Crippen molar-refractivity contribution in [1.29, 1.82) is 0 Å². The van der Waals surface area contributed by atoms with E-state index in [1.54, 1.807) is 24.3 Å². The van der Waals surface area contributed by atoms with Crippen molar-refractivity contribution >= 4 is 11.6 Å². The SMILES string of the molecule is O=C(Nc1cccc(O)c1)C1CCCCCC1. The lowest BCUT2D eigenvalue weighted by Crippen LogP contribution is -2.22. The molecule has 0 radical (unpaired) electrons. The van der Waals surface area contributed by atoms with Gasteiger partial charge in [-0.3, -0.25) is 4.79 Å². The minimum Gasteiger partial charge on any atom is -0.508 e. The van der Waals surface area contributed by atoms with E-state index < -0.39 is 0 Å². The summed E-state index contributed by atoms with van der Waals surface area (Å²) in [5.74, 6) is 0.418. The lowest BCUT2D eigenvalue weighted by Gasteiger charge is -2.14. The van der Waals surface area contributed by atoms with Gasteiger partial charge in [0.15, 0.2) is 0 Å². The summed E-state index contributed by atoms with van der Waals surface area (Å²) in [6.45, 7) is 0. The smallest absolute Gasteiger partial charge is 0.227 e. The van der Waals surface area contributed by atoms with Gasteiger partial charge in [-0.05, 0) is 25.0 Å². The van der Waals surface area contributed by atoms with Crippen molar-refractivity contribution in [2.45, 2.75) is 38.5 Å². The van der Waals surface area contributed by atoms with Crippen LogP contribution in [-0.2, 0) is 4.79 Å². The van der Waals surface area contributed by atoms with Crippen LogP contribution in [0.25, 0.3) is 0 Å². The second kappa shape index (κ2) is 5.71. The zero-order valence-corrected chi connectivity index (χ0v) is 9.98. The lowest BCUT2D eigenvalue weighted by molar-refractivity contribution is -0.120. The minimum atomic E-state index is 0.0949. The molecule has 0 spiro atoms. The average molecular weight is 233 g/mol. The zero-order valence-electron chi connectivity index (χ0n) is 9.98. The van der Waals surface area contributed by atoms with Crippen LogP contribution in [0.4, 0.5) is 5.69 Å². The molecule has 2 N–H and O–H groups in total. The van der Waals surface area contributed by atoms with Gasteiger partial charge in [0, 0.05) is 17.7 Å². The minimum absolute atomic E-state index is 0.0949. The maximum atomic E-state index is 12.0. The summed E-state index contributed by atoms with van der Waals surface area (Å²) in [7, 11) is 0. The number of phenols is 1. The Hall–Kier alpha value is -1.51. The fourth-order valence-electron chi connectivity index (χ4n) is 2.37. The topological polar surface area (TPSA) is 49.3 Å². The summed E-state index contributed by atoms with van der Waals surface area (Å²) in [4.78, 5) is 12.0. The van der Waals surface area contributed by atoms with E-state index in [-0.39, 0.29) is 17.6 Å². The summed E-state index contributed by atoms with van der Waals surface area (Å²) in [5.41, 5.74) is 0.680. The third-order valence-corrected chi connectivity index (χ3v) is 3.34. The lowest BCUT2D eigenvalue weighted by atomic mass is 9.99. The molecule has 3 nitrogen and oxygen atoms in total. The molecule has 1 fully saturated rings. The van der Waals surface area contributed by atoms with Crippen LogP contribution in [0, 0.1) is 5.92 Å². The number of amides is 1. The van der Waals surface area contributed by atoms with Gasteiger partial charge in [-0.1, -0.05) is 31.7 Å². The number of aromatic hydroxyl groups is 1. The summed E-state index contributed by atoms with van der Waals surface area (Å²) >= 11 is 0. The van der Waals surface area contributed by atoms with E-state index >= 15 is 0 Å². The average Bonchev–Trinajstić information content (AvgIpc) is 2.57. The normalized spacial score (nSPS) is 17.4. The molecular formula is C14H19NO2. The standard InChI is InChI=1S/C14H19NO2/c16-13-9-5-8-12(10-13)15-14(17)11-6-3-1-2-4-7-11/h5,8-11,16H,1-4,6-7H2,(H,15,17). The highest BCUT2D eigenvalue weighted by atomic mass is 16.3. The highest BCUT2D eigenvalue weighted by Crippen LogP contribution is 2.24. The molecule has 0 aromatic heterocycles. The highest BCUT2D eigenvalue weighted by Gasteiger charge is 2.19. The number of hydrogen-bond donors (Lipinski definition) is 2. The number of carbonyl (C=O) groups excluding carboxylic acids is 1. The van der Waals surface area contributed by atoms with Crippen molar-refractivity contribution in [3.8, 4) is 5.75 Å². The van der Waals surface area contributed by atoms with E-state index in [4.69, 9.17) is 0 Å². The molecule has 1 aliphatic rings. The van der Waals surface area contributed by atoms with E-state index in [0.29, 0.717) is 5.69 Å². The van der Waals surface area contributed by atoms with E-state index in [1.165, 1.54) is 12.8 Å². The molecule has 0 heterocycles. The van der Waals surface area contributed by atoms with Gasteiger partial charge in [-0.25, -0.2) is 0 Å².